The molecule has 8 heteroatoms. The second-order valence-corrected chi connectivity index (χ2v) is 7.15. The monoisotopic (exact) mass is 375 g/mol. The molecule has 0 aliphatic carbocycles. The fourth-order valence-electron chi connectivity index (χ4n) is 3.79. The highest BCUT2D eigenvalue weighted by atomic mass is 19.1. The van der Waals surface area contributed by atoms with Crippen molar-refractivity contribution in [2.75, 3.05) is 51.8 Å². The van der Waals surface area contributed by atoms with Crippen LogP contribution < -0.4 is 15.1 Å². The summed E-state index contributed by atoms with van der Waals surface area (Å²) in [4.78, 5) is 29.0. The Kier molecular flexibility index (Phi) is 4.30. The maximum atomic E-state index is 15.1. The Labute approximate surface area is 155 Å². The number of benzene rings is 1. The van der Waals surface area contributed by atoms with Crippen molar-refractivity contribution in [2.24, 2.45) is 0 Å². The van der Waals surface area contributed by atoms with E-state index in [-0.39, 0.29) is 17.0 Å². The molecule has 1 aromatic carbocycles. The van der Waals surface area contributed by atoms with E-state index in [0.717, 1.165) is 13.1 Å². The van der Waals surface area contributed by atoms with E-state index in [4.69, 9.17) is 9.47 Å². The zero-order valence-electron chi connectivity index (χ0n) is 15.6. The lowest BCUT2D eigenvalue weighted by Gasteiger charge is -2.37. The molecule has 2 aromatic rings. The Bertz CT molecular complexity index is 979. The maximum absolute atomic E-state index is 15.1. The van der Waals surface area contributed by atoms with Gasteiger partial charge in [0.25, 0.3) is 0 Å². The minimum atomic E-state index is -0.727. The quantitative estimate of drug-likeness (QED) is 0.744. The number of methoxy groups -OCH3 is 1. The SMILES string of the molecule is COC(=O)c1cn2c3c(c(N4CCN(C)CC4)c(F)cc3c1=O)OC[C@H]2C. The highest BCUT2D eigenvalue weighted by Gasteiger charge is 2.31. The summed E-state index contributed by atoms with van der Waals surface area (Å²) in [5, 5.41) is 0.134. The predicted molar refractivity (Wildman–Crippen MR) is 99.4 cm³/mol. The molecule has 1 atom stereocenters. The van der Waals surface area contributed by atoms with Crippen molar-refractivity contribution in [3.63, 3.8) is 0 Å². The highest BCUT2D eigenvalue weighted by molar-refractivity contribution is 5.97. The number of hydrogen-bond donors (Lipinski definition) is 0. The molecule has 4 rings (SSSR count). The van der Waals surface area contributed by atoms with Gasteiger partial charge in [0.05, 0.1) is 24.1 Å². The smallest absolute Gasteiger partial charge is 0.343 e. The van der Waals surface area contributed by atoms with E-state index in [1.165, 1.54) is 19.4 Å². The highest BCUT2D eigenvalue weighted by Crippen LogP contribution is 2.42. The van der Waals surface area contributed by atoms with Crippen molar-refractivity contribution >= 4 is 22.6 Å². The Hall–Kier alpha value is -2.61. The Morgan fingerprint density at radius 1 is 1.30 bits per heavy atom. The van der Waals surface area contributed by atoms with Gasteiger partial charge in [0, 0.05) is 32.4 Å². The fraction of sp³-hybridized carbons (Fsp3) is 0.474. The summed E-state index contributed by atoms with van der Waals surface area (Å²) in [6, 6.07) is 1.12. The van der Waals surface area contributed by atoms with Crippen LogP contribution in [-0.4, -0.2) is 62.4 Å². The molecule has 1 aromatic heterocycles. The maximum Gasteiger partial charge on any atom is 0.343 e. The van der Waals surface area contributed by atoms with Crippen LogP contribution in [0.4, 0.5) is 10.1 Å². The number of esters is 1. The molecule has 0 spiro atoms. The minimum absolute atomic E-state index is 0.101. The Morgan fingerprint density at radius 3 is 2.67 bits per heavy atom. The first-order chi connectivity index (χ1) is 12.9. The lowest BCUT2D eigenvalue weighted by molar-refractivity contribution is 0.0598. The standard InChI is InChI=1S/C19H22FN3O4/c1-11-10-27-18-15-12(17(24)13(9-23(11)15)19(25)26-3)8-14(20)16(18)22-6-4-21(2)5-7-22/h8-9,11H,4-7,10H2,1-3H3/t11-/m1/s1. The molecule has 0 N–H and O–H groups in total. The molecular formula is C19H22FN3O4. The van der Waals surface area contributed by atoms with Gasteiger partial charge in [0.1, 0.15) is 17.9 Å². The number of nitrogens with zero attached hydrogens (tertiary/aromatic N) is 3. The van der Waals surface area contributed by atoms with E-state index >= 15 is 4.39 Å². The largest absolute Gasteiger partial charge is 0.487 e. The van der Waals surface area contributed by atoms with Gasteiger partial charge in [-0.25, -0.2) is 9.18 Å². The van der Waals surface area contributed by atoms with Gasteiger partial charge < -0.3 is 23.8 Å². The number of aromatic nitrogens is 1. The Morgan fingerprint density at radius 2 is 2.00 bits per heavy atom. The summed E-state index contributed by atoms with van der Waals surface area (Å²) >= 11 is 0. The lowest BCUT2D eigenvalue weighted by atomic mass is 10.1. The van der Waals surface area contributed by atoms with Crippen molar-refractivity contribution in [3.8, 4) is 5.75 Å². The molecule has 7 nitrogen and oxygen atoms in total. The van der Waals surface area contributed by atoms with Crippen LogP contribution in [0.2, 0.25) is 0 Å². The third-order valence-corrected chi connectivity index (χ3v) is 5.37. The van der Waals surface area contributed by atoms with Crippen molar-refractivity contribution in [3.05, 3.63) is 33.9 Å². The second-order valence-electron chi connectivity index (χ2n) is 7.15. The third-order valence-electron chi connectivity index (χ3n) is 5.37. The first-order valence-electron chi connectivity index (χ1n) is 8.98. The number of ether oxygens (including phenoxy) is 2. The van der Waals surface area contributed by atoms with Crippen LogP contribution in [0.3, 0.4) is 0 Å². The lowest BCUT2D eigenvalue weighted by Crippen LogP contribution is -2.45. The Balaban J connectivity index is 1.99. The number of halogens is 1. The van der Waals surface area contributed by atoms with E-state index in [2.05, 4.69) is 4.90 Å². The van der Waals surface area contributed by atoms with Gasteiger partial charge in [-0.1, -0.05) is 0 Å². The topological polar surface area (TPSA) is 64.0 Å². The molecule has 3 heterocycles. The molecule has 2 aliphatic rings. The summed E-state index contributed by atoms with van der Waals surface area (Å²) in [5.41, 5.74) is 0.274. The summed E-state index contributed by atoms with van der Waals surface area (Å²) in [5.74, 6) is -0.863. The average molecular weight is 375 g/mol. The van der Waals surface area contributed by atoms with Crippen molar-refractivity contribution in [2.45, 2.75) is 13.0 Å². The molecule has 1 fully saturated rings. The van der Waals surface area contributed by atoms with Gasteiger partial charge >= 0.3 is 5.97 Å². The van der Waals surface area contributed by atoms with E-state index in [1.54, 1.807) is 0 Å². The molecular weight excluding hydrogens is 353 g/mol. The molecule has 0 saturated carbocycles. The van der Waals surface area contributed by atoms with E-state index < -0.39 is 17.2 Å². The minimum Gasteiger partial charge on any atom is -0.487 e. The van der Waals surface area contributed by atoms with Crippen LogP contribution in [-0.2, 0) is 4.74 Å². The zero-order valence-corrected chi connectivity index (χ0v) is 15.6. The van der Waals surface area contributed by atoms with Gasteiger partial charge in [0.15, 0.2) is 11.6 Å². The van der Waals surface area contributed by atoms with Crippen molar-refractivity contribution in [1.82, 2.24) is 9.47 Å². The predicted octanol–water partition coefficient (Wildman–Crippen LogP) is 1.63. The van der Waals surface area contributed by atoms with Crippen LogP contribution in [0.25, 0.3) is 10.9 Å². The molecule has 27 heavy (non-hydrogen) atoms. The van der Waals surface area contributed by atoms with Gasteiger partial charge in [-0.2, -0.15) is 0 Å². The van der Waals surface area contributed by atoms with E-state index in [1.807, 2.05) is 23.4 Å². The normalized spacial score (nSPS) is 19.9. The first kappa shape index (κ1) is 17.8. The van der Waals surface area contributed by atoms with Gasteiger partial charge in [-0.05, 0) is 20.0 Å². The molecule has 0 bridgehead atoms. The third kappa shape index (κ3) is 2.75. The number of hydrogen-bond acceptors (Lipinski definition) is 6. The fourth-order valence-corrected chi connectivity index (χ4v) is 3.79. The number of piperazine rings is 1. The number of rotatable bonds is 2. The molecule has 1 saturated heterocycles. The molecule has 0 unspecified atom stereocenters. The van der Waals surface area contributed by atoms with E-state index in [9.17, 15) is 9.59 Å². The molecule has 0 radical (unpaired) electrons. The summed E-state index contributed by atoms with van der Waals surface area (Å²) in [6.45, 7) is 5.25. The van der Waals surface area contributed by atoms with Crippen LogP contribution in [0.15, 0.2) is 17.1 Å². The molecule has 144 valence electrons. The van der Waals surface area contributed by atoms with Crippen LogP contribution >= 0.6 is 0 Å². The first-order valence-corrected chi connectivity index (χ1v) is 8.98. The van der Waals surface area contributed by atoms with Gasteiger partial charge in [0.2, 0.25) is 5.43 Å². The number of carbonyl (C=O) groups excluding carboxylic acids is 1. The number of likely N-dealkylation sites (N-methyl/N-ethyl adjacent to an activating group) is 1. The van der Waals surface area contributed by atoms with Crippen LogP contribution in [0.1, 0.15) is 23.3 Å². The van der Waals surface area contributed by atoms with Crippen LogP contribution in [0.5, 0.6) is 5.75 Å². The van der Waals surface area contributed by atoms with E-state index in [0.29, 0.717) is 36.6 Å². The zero-order chi connectivity index (χ0) is 19.3. The summed E-state index contributed by atoms with van der Waals surface area (Å²) in [7, 11) is 3.25. The number of anilines is 1. The summed E-state index contributed by atoms with van der Waals surface area (Å²) < 4.78 is 27.5. The average Bonchev–Trinajstić information content (AvgIpc) is 2.66. The molecule has 2 aliphatic heterocycles. The van der Waals surface area contributed by atoms with Crippen molar-refractivity contribution < 1.29 is 18.7 Å². The van der Waals surface area contributed by atoms with Gasteiger partial charge in [-0.15, -0.1) is 0 Å². The van der Waals surface area contributed by atoms with Crippen molar-refractivity contribution in [1.29, 1.82) is 0 Å². The summed E-state index contributed by atoms with van der Waals surface area (Å²) in [6.07, 6.45) is 1.50. The molecule has 0 amide bonds. The van der Waals surface area contributed by atoms with Crippen LogP contribution in [0, 0.1) is 5.82 Å². The second kappa shape index (κ2) is 6.53. The van der Waals surface area contributed by atoms with Gasteiger partial charge in [-0.3, -0.25) is 4.79 Å². The number of carbonyl (C=O) groups is 1. The number of pyridine rings is 1.